The van der Waals surface area contributed by atoms with E-state index in [2.05, 4.69) is 29.6 Å². The van der Waals surface area contributed by atoms with E-state index in [-0.39, 0.29) is 37.6 Å². The zero-order valence-electron chi connectivity index (χ0n) is 19.5. The minimum atomic E-state index is -1.02. The first kappa shape index (κ1) is 23.8. The molecule has 0 spiro atoms. The molecule has 0 atom stereocenters. The Labute approximate surface area is 198 Å². The molecule has 0 radical (unpaired) electrons. The Morgan fingerprint density at radius 1 is 1.03 bits per heavy atom. The zero-order valence-corrected chi connectivity index (χ0v) is 19.5. The third kappa shape index (κ3) is 5.39. The van der Waals surface area contributed by atoms with Crippen molar-refractivity contribution in [1.29, 1.82) is 0 Å². The fourth-order valence-corrected chi connectivity index (χ4v) is 4.48. The number of carbonyl (C=O) groups is 3. The van der Waals surface area contributed by atoms with Crippen LogP contribution in [-0.4, -0.2) is 66.9 Å². The summed E-state index contributed by atoms with van der Waals surface area (Å²) in [5.74, 6) is -1.07. The summed E-state index contributed by atoms with van der Waals surface area (Å²) >= 11 is 0. The molecule has 4 rings (SSSR count). The first-order chi connectivity index (χ1) is 16.2. The van der Waals surface area contributed by atoms with Crippen molar-refractivity contribution < 1.29 is 29.0 Å². The number of hydrogen-bond donors (Lipinski definition) is 2. The van der Waals surface area contributed by atoms with Gasteiger partial charge in [-0.05, 0) is 27.7 Å². The van der Waals surface area contributed by atoms with Gasteiger partial charge in [0, 0.05) is 32.0 Å². The van der Waals surface area contributed by atoms with Crippen molar-refractivity contribution in [3.63, 3.8) is 0 Å². The van der Waals surface area contributed by atoms with Gasteiger partial charge < -0.3 is 24.8 Å². The third-order valence-corrected chi connectivity index (χ3v) is 6.33. The van der Waals surface area contributed by atoms with Crippen molar-refractivity contribution in [1.82, 2.24) is 10.2 Å². The van der Waals surface area contributed by atoms with Crippen molar-refractivity contribution in [3.05, 3.63) is 59.7 Å². The number of fused-ring (bicyclic) bond motifs is 3. The summed E-state index contributed by atoms with van der Waals surface area (Å²) in [5.41, 5.74) is 4.20. The zero-order chi connectivity index (χ0) is 24.3. The van der Waals surface area contributed by atoms with Crippen LogP contribution in [-0.2, 0) is 19.1 Å². The fourth-order valence-electron chi connectivity index (χ4n) is 4.48. The van der Waals surface area contributed by atoms with Crippen LogP contribution in [0.5, 0.6) is 0 Å². The average Bonchev–Trinajstić information content (AvgIpc) is 3.08. The number of ether oxygens (including phenoxy) is 2. The van der Waals surface area contributed by atoms with Gasteiger partial charge in [0.1, 0.15) is 13.2 Å². The number of hydrogen-bond acceptors (Lipinski definition) is 5. The maximum Gasteiger partial charge on any atom is 0.407 e. The Balaban J connectivity index is 1.23. The Morgan fingerprint density at radius 3 is 2.21 bits per heavy atom. The largest absolute Gasteiger partial charge is 0.480 e. The second-order valence-corrected chi connectivity index (χ2v) is 9.65. The smallest absolute Gasteiger partial charge is 0.407 e. The highest BCUT2D eigenvalue weighted by molar-refractivity contribution is 5.79. The SMILES string of the molecule is CC(C)(CNC(=O)OCC1c2ccccc2-c2ccccc21)CC(=O)N1CC(OCC(=O)O)C1. The topological polar surface area (TPSA) is 105 Å². The molecule has 2 N–H and O–H groups in total. The number of carbonyl (C=O) groups excluding carboxylic acids is 2. The highest BCUT2D eigenvalue weighted by atomic mass is 16.5. The molecule has 1 aliphatic carbocycles. The molecule has 2 amide bonds. The summed E-state index contributed by atoms with van der Waals surface area (Å²) in [5, 5.41) is 11.4. The molecular weight excluding hydrogens is 436 g/mol. The molecule has 0 saturated carbocycles. The van der Waals surface area contributed by atoms with E-state index in [1.54, 1.807) is 4.90 Å². The van der Waals surface area contributed by atoms with E-state index in [9.17, 15) is 14.4 Å². The maximum absolute atomic E-state index is 12.5. The second kappa shape index (κ2) is 9.85. The molecule has 180 valence electrons. The molecule has 8 heteroatoms. The van der Waals surface area contributed by atoms with E-state index >= 15 is 0 Å². The normalized spacial score (nSPS) is 15.3. The van der Waals surface area contributed by atoms with E-state index in [0.29, 0.717) is 19.6 Å². The van der Waals surface area contributed by atoms with Crippen LogP contribution in [0, 0.1) is 5.41 Å². The molecule has 34 heavy (non-hydrogen) atoms. The van der Waals surface area contributed by atoms with Gasteiger partial charge in [0.2, 0.25) is 5.91 Å². The van der Waals surface area contributed by atoms with Crippen LogP contribution in [0.25, 0.3) is 11.1 Å². The van der Waals surface area contributed by atoms with E-state index in [1.165, 1.54) is 11.1 Å². The average molecular weight is 467 g/mol. The van der Waals surface area contributed by atoms with E-state index in [0.717, 1.165) is 11.1 Å². The number of benzene rings is 2. The summed E-state index contributed by atoms with van der Waals surface area (Å²) in [6, 6.07) is 16.3. The van der Waals surface area contributed by atoms with Gasteiger partial charge in [-0.2, -0.15) is 0 Å². The molecule has 1 aliphatic heterocycles. The van der Waals surface area contributed by atoms with Crippen LogP contribution in [0.1, 0.15) is 37.3 Å². The Kier molecular flexibility index (Phi) is 6.88. The standard InChI is InChI=1S/C26H30N2O6/c1-26(2,11-23(29)28-12-17(13-28)33-15-24(30)31)16-27-25(32)34-14-22-20-9-5-3-7-18(20)19-8-4-6-10-21(19)22/h3-10,17,22H,11-16H2,1-2H3,(H,27,32)(H,30,31). The highest BCUT2D eigenvalue weighted by Gasteiger charge is 2.35. The van der Waals surface area contributed by atoms with Crippen LogP contribution >= 0.6 is 0 Å². The third-order valence-electron chi connectivity index (χ3n) is 6.33. The number of rotatable bonds is 9. The monoisotopic (exact) mass is 466 g/mol. The number of carboxylic acid groups (broad SMARTS) is 1. The molecule has 8 nitrogen and oxygen atoms in total. The summed E-state index contributed by atoms with van der Waals surface area (Å²) in [7, 11) is 0. The highest BCUT2D eigenvalue weighted by Crippen LogP contribution is 2.44. The lowest BCUT2D eigenvalue weighted by Crippen LogP contribution is -2.56. The van der Waals surface area contributed by atoms with E-state index < -0.39 is 17.5 Å². The number of likely N-dealkylation sites (tertiary alicyclic amines) is 1. The predicted octanol–water partition coefficient (Wildman–Crippen LogP) is 3.25. The second-order valence-electron chi connectivity index (χ2n) is 9.65. The summed E-state index contributed by atoms with van der Waals surface area (Å²) in [6.45, 7) is 4.78. The molecule has 2 aliphatic rings. The molecule has 1 fully saturated rings. The molecule has 0 bridgehead atoms. The van der Waals surface area contributed by atoms with Crippen molar-refractivity contribution in [2.45, 2.75) is 32.3 Å². The molecular formula is C26H30N2O6. The molecule has 2 aromatic carbocycles. The van der Waals surface area contributed by atoms with Crippen LogP contribution in [0.2, 0.25) is 0 Å². The number of nitrogens with zero attached hydrogens (tertiary/aromatic N) is 1. The van der Waals surface area contributed by atoms with Gasteiger partial charge in [-0.25, -0.2) is 9.59 Å². The Morgan fingerprint density at radius 2 is 1.62 bits per heavy atom. The van der Waals surface area contributed by atoms with Gasteiger partial charge in [-0.1, -0.05) is 62.4 Å². The van der Waals surface area contributed by atoms with Gasteiger partial charge in [-0.15, -0.1) is 0 Å². The lowest BCUT2D eigenvalue weighted by atomic mass is 9.88. The number of alkyl carbamates (subject to hydrolysis) is 1. The Bertz CT molecular complexity index is 1030. The lowest BCUT2D eigenvalue weighted by Gasteiger charge is -2.40. The molecule has 1 saturated heterocycles. The first-order valence-corrected chi connectivity index (χ1v) is 11.4. The maximum atomic E-state index is 12.5. The van der Waals surface area contributed by atoms with Crippen molar-refractivity contribution in [2.24, 2.45) is 5.41 Å². The number of aliphatic carboxylic acids is 1. The summed E-state index contributed by atoms with van der Waals surface area (Å²) in [6.07, 6.45) is -0.488. The van der Waals surface area contributed by atoms with Crippen molar-refractivity contribution >= 4 is 18.0 Å². The van der Waals surface area contributed by atoms with Crippen LogP contribution in [0.3, 0.4) is 0 Å². The first-order valence-electron chi connectivity index (χ1n) is 11.4. The van der Waals surface area contributed by atoms with Crippen LogP contribution in [0.15, 0.2) is 48.5 Å². The Hall–Kier alpha value is -3.39. The molecule has 0 unspecified atom stereocenters. The lowest BCUT2D eigenvalue weighted by molar-refractivity contribution is -0.155. The van der Waals surface area contributed by atoms with Crippen LogP contribution < -0.4 is 5.32 Å². The van der Waals surface area contributed by atoms with Gasteiger partial charge in [0.05, 0.1) is 6.10 Å². The number of nitrogens with one attached hydrogen (secondary N) is 1. The minimum absolute atomic E-state index is 0.00422. The van der Waals surface area contributed by atoms with E-state index in [1.807, 2.05) is 38.1 Å². The summed E-state index contributed by atoms with van der Waals surface area (Å²) in [4.78, 5) is 37.1. The van der Waals surface area contributed by atoms with Crippen molar-refractivity contribution in [2.75, 3.05) is 32.8 Å². The van der Waals surface area contributed by atoms with Gasteiger partial charge in [0.25, 0.3) is 0 Å². The summed E-state index contributed by atoms with van der Waals surface area (Å²) < 4.78 is 10.7. The number of amides is 2. The van der Waals surface area contributed by atoms with Gasteiger partial charge in [0.15, 0.2) is 0 Å². The van der Waals surface area contributed by atoms with E-state index in [4.69, 9.17) is 14.6 Å². The fraction of sp³-hybridized carbons (Fsp3) is 0.423. The van der Waals surface area contributed by atoms with Crippen molar-refractivity contribution in [3.8, 4) is 11.1 Å². The molecule has 0 aromatic heterocycles. The number of carboxylic acids is 1. The quantitative estimate of drug-likeness (QED) is 0.588. The molecule has 1 heterocycles. The van der Waals surface area contributed by atoms with Crippen LogP contribution in [0.4, 0.5) is 4.79 Å². The van der Waals surface area contributed by atoms with Gasteiger partial charge >= 0.3 is 12.1 Å². The minimum Gasteiger partial charge on any atom is -0.480 e. The molecule has 2 aromatic rings. The predicted molar refractivity (Wildman–Crippen MR) is 125 cm³/mol. The van der Waals surface area contributed by atoms with Gasteiger partial charge in [-0.3, -0.25) is 4.79 Å².